The molecule has 134 valence electrons. The molecule has 26 heavy (non-hydrogen) atoms. The largest absolute Gasteiger partial charge is 0.497 e. The Hall–Kier alpha value is -3.35. The molecule has 0 bridgehead atoms. The number of carbonyl (C=O) groups excluding carboxylic acids is 1. The average Bonchev–Trinajstić information content (AvgIpc) is 3.13. The lowest BCUT2D eigenvalue weighted by molar-refractivity contribution is -0.114. The first-order valence-corrected chi connectivity index (χ1v) is 8.17. The fourth-order valence-corrected chi connectivity index (χ4v) is 2.42. The first-order valence-electron chi connectivity index (χ1n) is 8.17. The Kier molecular flexibility index (Phi) is 5.17. The molecule has 1 atom stereocenters. The van der Waals surface area contributed by atoms with Crippen molar-refractivity contribution in [3.05, 3.63) is 54.4 Å². The third-order valence-electron chi connectivity index (χ3n) is 3.74. The Morgan fingerprint density at radius 3 is 2.31 bits per heavy atom. The summed E-state index contributed by atoms with van der Waals surface area (Å²) in [6, 6.07) is 14.7. The molecular formula is C19H20N4O3. The van der Waals surface area contributed by atoms with Crippen LogP contribution in [-0.2, 0) is 4.79 Å². The summed E-state index contributed by atoms with van der Waals surface area (Å²) >= 11 is 0. The summed E-state index contributed by atoms with van der Waals surface area (Å²) in [4.78, 5) is 11.1. The molecule has 0 aliphatic rings. The van der Waals surface area contributed by atoms with Gasteiger partial charge in [-0.15, -0.1) is 10.2 Å². The van der Waals surface area contributed by atoms with E-state index in [-0.39, 0.29) is 11.9 Å². The Labute approximate surface area is 151 Å². The molecule has 2 N–H and O–H groups in total. The van der Waals surface area contributed by atoms with E-state index < -0.39 is 0 Å². The number of anilines is 2. The molecule has 7 heteroatoms. The number of rotatable bonds is 6. The summed E-state index contributed by atoms with van der Waals surface area (Å²) in [5, 5.41) is 14.3. The van der Waals surface area contributed by atoms with E-state index >= 15 is 0 Å². The van der Waals surface area contributed by atoms with Gasteiger partial charge in [0.2, 0.25) is 17.7 Å². The van der Waals surface area contributed by atoms with E-state index in [1.807, 2.05) is 55.5 Å². The van der Waals surface area contributed by atoms with E-state index in [0.717, 1.165) is 22.7 Å². The molecular weight excluding hydrogens is 332 g/mol. The van der Waals surface area contributed by atoms with Crippen molar-refractivity contribution in [1.29, 1.82) is 0 Å². The maximum absolute atomic E-state index is 11.1. The molecule has 0 fully saturated rings. The summed E-state index contributed by atoms with van der Waals surface area (Å²) in [5.41, 5.74) is 2.46. The minimum Gasteiger partial charge on any atom is -0.497 e. The first-order chi connectivity index (χ1) is 12.5. The second-order valence-electron chi connectivity index (χ2n) is 5.80. The highest BCUT2D eigenvalue weighted by Crippen LogP contribution is 2.25. The number of carbonyl (C=O) groups is 1. The zero-order valence-electron chi connectivity index (χ0n) is 14.8. The van der Waals surface area contributed by atoms with Crippen LogP contribution in [0.2, 0.25) is 0 Å². The van der Waals surface area contributed by atoms with Crippen molar-refractivity contribution >= 4 is 17.3 Å². The zero-order chi connectivity index (χ0) is 18.5. The van der Waals surface area contributed by atoms with Gasteiger partial charge in [0.1, 0.15) is 11.8 Å². The summed E-state index contributed by atoms with van der Waals surface area (Å²) in [6.07, 6.45) is 0. The Morgan fingerprint density at radius 2 is 1.69 bits per heavy atom. The molecule has 0 aliphatic carbocycles. The van der Waals surface area contributed by atoms with E-state index in [4.69, 9.17) is 9.15 Å². The van der Waals surface area contributed by atoms with Gasteiger partial charge in [0.05, 0.1) is 7.11 Å². The topological polar surface area (TPSA) is 89.3 Å². The molecule has 7 nitrogen and oxygen atoms in total. The number of hydrogen-bond acceptors (Lipinski definition) is 6. The molecule has 1 amide bonds. The van der Waals surface area contributed by atoms with Gasteiger partial charge in [-0.3, -0.25) is 4.79 Å². The fourth-order valence-electron chi connectivity index (χ4n) is 2.42. The van der Waals surface area contributed by atoms with Crippen molar-refractivity contribution in [3.63, 3.8) is 0 Å². The van der Waals surface area contributed by atoms with Crippen LogP contribution in [-0.4, -0.2) is 23.2 Å². The maximum atomic E-state index is 11.1. The highest BCUT2D eigenvalue weighted by atomic mass is 16.5. The van der Waals surface area contributed by atoms with Crippen molar-refractivity contribution in [3.8, 4) is 17.2 Å². The third kappa shape index (κ3) is 4.18. The van der Waals surface area contributed by atoms with Crippen LogP contribution in [0.1, 0.15) is 25.8 Å². The lowest BCUT2D eigenvalue weighted by Crippen LogP contribution is -2.08. The molecule has 3 rings (SSSR count). The third-order valence-corrected chi connectivity index (χ3v) is 3.74. The van der Waals surface area contributed by atoms with Crippen molar-refractivity contribution in [2.24, 2.45) is 0 Å². The Morgan fingerprint density at radius 1 is 1.04 bits per heavy atom. The second-order valence-corrected chi connectivity index (χ2v) is 5.80. The molecule has 0 unspecified atom stereocenters. The molecule has 0 radical (unpaired) electrons. The van der Waals surface area contributed by atoms with Crippen molar-refractivity contribution in [2.45, 2.75) is 19.9 Å². The summed E-state index contributed by atoms with van der Waals surface area (Å²) < 4.78 is 10.9. The predicted molar refractivity (Wildman–Crippen MR) is 99.1 cm³/mol. The lowest BCUT2D eigenvalue weighted by Gasteiger charge is -2.12. The van der Waals surface area contributed by atoms with Gasteiger partial charge in [-0.05, 0) is 55.5 Å². The molecule has 2 aromatic carbocycles. The monoisotopic (exact) mass is 352 g/mol. The van der Waals surface area contributed by atoms with Crippen LogP contribution in [0.3, 0.4) is 0 Å². The number of nitrogens with one attached hydrogen (secondary N) is 2. The predicted octanol–water partition coefficient (Wildman–Crippen LogP) is 3.88. The molecule has 3 aromatic rings. The van der Waals surface area contributed by atoms with Gasteiger partial charge in [-0.25, -0.2) is 0 Å². The van der Waals surface area contributed by atoms with Gasteiger partial charge >= 0.3 is 0 Å². The van der Waals surface area contributed by atoms with Crippen molar-refractivity contribution < 1.29 is 13.9 Å². The van der Waals surface area contributed by atoms with Crippen LogP contribution < -0.4 is 15.4 Å². The Balaban J connectivity index is 1.67. The summed E-state index contributed by atoms with van der Waals surface area (Å²) in [5.74, 6) is 1.61. The molecule has 0 spiro atoms. The normalized spacial score (nSPS) is 11.7. The quantitative estimate of drug-likeness (QED) is 0.700. The number of amides is 1. The molecule has 0 saturated heterocycles. The lowest BCUT2D eigenvalue weighted by atomic mass is 10.2. The van der Waals surface area contributed by atoms with Crippen LogP contribution in [0.4, 0.5) is 11.4 Å². The van der Waals surface area contributed by atoms with Crippen LogP contribution in [0, 0.1) is 0 Å². The van der Waals surface area contributed by atoms with Crippen molar-refractivity contribution in [1.82, 2.24) is 10.2 Å². The summed E-state index contributed by atoms with van der Waals surface area (Å²) in [6.45, 7) is 3.41. The minimum atomic E-state index is -0.166. The van der Waals surface area contributed by atoms with Crippen LogP contribution in [0.25, 0.3) is 11.5 Å². The van der Waals surface area contributed by atoms with Gasteiger partial charge in [-0.2, -0.15) is 0 Å². The first kappa shape index (κ1) is 17.5. The molecule has 1 heterocycles. The Bertz CT molecular complexity index is 873. The number of nitrogens with zero attached hydrogens (tertiary/aromatic N) is 2. The fraction of sp³-hybridized carbons (Fsp3) is 0.211. The smallest absolute Gasteiger partial charge is 0.247 e. The van der Waals surface area contributed by atoms with Gasteiger partial charge in [0, 0.05) is 23.9 Å². The molecule has 0 aliphatic heterocycles. The number of aromatic nitrogens is 2. The number of ether oxygens (including phenoxy) is 1. The van der Waals surface area contributed by atoms with E-state index in [2.05, 4.69) is 20.8 Å². The highest BCUT2D eigenvalue weighted by molar-refractivity contribution is 5.88. The highest BCUT2D eigenvalue weighted by Gasteiger charge is 2.15. The van der Waals surface area contributed by atoms with Gasteiger partial charge in [0.25, 0.3) is 0 Å². The molecule has 0 saturated carbocycles. The van der Waals surface area contributed by atoms with Gasteiger partial charge < -0.3 is 19.8 Å². The number of hydrogen-bond donors (Lipinski definition) is 2. The average molecular weight is 352 g/mol. The summed E-state index contributed by atoms with van der Waals surface area (Å²) in [7, 11) is 1.62. The number of benzene rings is 2. The van der Waals surface area contributed by atoms with Gasteiger partial charge in [-0.1, -0.05) is 0 Å². The number of methoxy groups -OCH3 is 1. The zero-order valence-corrected chi connectivity index (χ0v) is 14.8. The SMILES string of the molecule is COc1ccc(-c2nnc([C@H](C)Nc3ccc(NC(C)=O)cc3)o2)cc1. The van der Waals surface area contributed by atoms with E-state index in [0.29, 0.717) is 11.8 Å². The van der Waals surface area contributed by atoms with Crippen LogP contribution in [0.5, 0.6) is 5.75 Å². The van der Waals surface area contributed by atoms with E-state index in [9.17, 15) is 4.79 Å². The van der Waals surface area contributed by atoms with Crippen LogP contribution in [0.15, 0.2) is 52.9 Å². The van der Waals surface area contributed by atoms with E-state index in [1.54, 1.807) is 7.11 Å². The van der Waals surface area contributed by atoms with E-state index in [1.165, 1.54) is 6.92 Å². The maximum Gasteiger partial charge on any atom is 0.247 e. The second kappa shape index (κ2) is 7.69. The minimum absolute atomic E-state index is 0.101. The molecule has 1 aromatic heterocycles. The standard InChI is InChI=1S/C19H20N4O3/c1-12(20-15-6-8-16(9-7-15)21-13(2)24)18-22-23-19(26-18)14-4-10-17(25-3)11-5-14/h4-12,20H,1-3H3,(H,21,24)/t12-/m0/s1. The van der Waals surface area contributed by atoms with Crippen molar-refractivity contribution in [2.75, 3.05) is 17.7 Å². The van der Waals surface area contributed by atoms with Gasteiger partial charge in [0.15, 0.2) is 0 Å². The van der Waals surface area contributed by atoms with Crippen LogP contribution >= 0.6 is 0 Å².